The van der Waals surface area contributed by atoms with Crippen LogP contribution in [-0.4, -0.2) is 40.5 Å². The average molecular weight is 343 g/mol. The number of benzene rings is 2. The second kappa shape index (κ2) is 8.79. The number of nitro benzene ring substituents is 1. The number of aliphatic hydroxyl groups is 1. The standard InChI is InChI=1S/C18H21N3O4/c1-2-19-16-9-8-15(12-17(16)21(24)25)18(23)20(10-11-22)13-14-6-4-3-5-7-14/h3-9,12,19,22H,2,10-11,13H2,1H3. The lowest BCUT2D eigenvalue weighted by molar-refractivity contribution is -0.384. The van der Waals surface area contributed by atoms with Crippen molar-refractivity contribution in [3.8, 4) is 0 Å². The Morgan fingerprint density at radius 3 is 2.56 bits per heavy atom. The van der Waals surface area contributed by atoms with E-state index < -0.39 is 4.92 Å². The summed E-state index contributed by atoms with van der Waals surface area (Å²) < 4.78 is 0. The number of aliphatic hydroxyl groups excluding tert-OH is 1. The minimum absolute atomic E-state index is 0.142. The third-order valence-corrected chi connectivity index (χ3v) is 3.68. The number of amides is 1. The highest BCUT2D eigenvalue weighted by atomic mass is 16.6. The van der Waals surface area contributed by atoms with E-state index in [1.807, 2.05) is 37.3 Å². The van der Waals surface area contributed by atoms with Crippen molar-refractivity contribution < 1.29 is 14.8 Å². The molecule has 2 aromatic carbocycles. The van der Waals surface area contributed by atoms with Crippen molar-refractivity contribution in [1.29, 1.82) is 0 Å². The van der Waals surface area contributed by atoms with Gasteiger partial charge in [0, 0.05) is 31.3 Å². The molecule has 0 aliphatic heterocycles. The summed E-state index contributed by atoms with van der Waals surface area (Å²) in [6, 6.07) is 13.8. The van der Waals surface area contributed by atoms with Crippen LogP contribution < -0.4 is 5.32 Å². The summed E-state index contributed by atoms with van der Waals surface area (Å²) in [6.07, 6.45) is 0. The molecule has 1 amide bonds. The molecule has 0 unspecified atom stereocenters. The number of anilines is 1. The lowest BCUT2D eigenvalue weighted by Gasteiger charge is -2.22. The van der Waals surface area contributed by atoms with E-state index in [1.165, 1.54) is 17.0 Å². The lowest BCUT2D eigenvalue weighted by Crippen LogP contribution is -2.33. The molecule has 0 heterocycles. The Morgan fingerprint density at radius 1 is 1.24 bits per heavy atom. The Labute approximate surface area is 146 Å². The maximum Gasteiger partial charge on any atom is 0.293 e. The number of hydrogen-bond acceptors (Lipinski definition) is 5. The molecule has 0 atom stereocenters. The maximum absolute atomic E-state index is 12.8. The van der Waals surface area contributed by atoms with Crippen LogP contribution in [0, 0.1) is 10.1 Å². The van der Waals surface area contributed by atoms with Crippen molar-refractivity contribution in [3.63, 3.8) is 0 Å². The van der Waals surface area contributed by atoms with Gasteiger partial charge in [-0.1, -0.05) is 30.3 Å². The van der Waals surface area contributed by atoms with E-state index in [-0.39, 0.29) is 30.3 Å². The topological polar surface area (TPSA) is 95.7 Å². The van der Waals surface area contributed by atoms with Gasteiger partial charge >= 0.3 is 0 Å². The number of nitrogens with zero attached hydrogens (tertiary/aromatic N) is 2. The van der Waals surface area contributed by atoms with E-state index in [0.717, 1.165) is 5.56 Å². The monoisotopic (exact) mass is 343 g/mol. The Hall–Kier alpha value is -2.93. The van der Waals surface area contributed by atoms with Crippen LogP contribution in [0.5, 0.6) is 0 Å². The molecule has 0 spiro atoms. The second-order valence-corrected chi connectivity index (χ2v) is 5.46. The first kappa shape index (κ1) is 18.4. The minimum atomic E-state index is -0.512. The Kier molecular flexibility index (Phi) is 6.47. The zero-order valence-electron chi connectivity index (χ0n) is 14.0. The van der Waals surface area contributed by atoms with Crippen molar-refractivity contribution in [1.82, 2.24) is 4.90 Å². The van der Waals surface area contributed by atoms with Gasteiger partial charge in [-0.15, -0.1) is 0 Å². The molecule has 0 aliphatic rings. The first-order valence-electron chi connectivity index (χ1n) is 8.03. The number of nitrogens with one attached hydrogen (secondary N) is 1. The van der Waals surface area contributed by atoms with E-state index in [1.54, 1.807) is 6.07 Å². The summed E-state index contributed by atoms with van der Waals surface area (Å²) in [6.45, 7) is 2.67. The first-order chi connectivity index (χ1) is 12.1. The van der Waals surface area contributed by atoms with Gasteiger partial charge in [0.2, 0.25) is 0 Å². The van der Waals surface area contributed by atoms with Gasteiger partial charge in [0.05, 0.1) is 11.5 Å². The number of nitro groups is 1. The molecule has 0 fully saturated rings. The summed E-state index contributed by atoms with van der Waals surface area (Å²) >= 11 is 0. The quantitative estimate of drug-likeness (QED) is 0.567. The van der Waals surface area contributed by atoms with Gasteiger partial charge in [0.1, 0.15) is 5.69 Å². The number of hydrogen-bond donors (Lipinski definition) is 2. The fraction of sp³-hybridized carbons (Fsp3) is 0.278. The molecular weight excluding hydrogens is 322 g/mol. The Morgan fingerprint density at radius 2 is 1.96 bits per heavy atom. The fourth-order valence-electron chi connectivity index (χ4n) is 2.52. The molecule has 0 bridgehead atoms. The van der Waals surface area contributed by atoms with Crippen LogP contribution in [0.25, 0.3) is 0 Å². The Bertz CT molecular complexity index is 734. The third kappa shape index (κ3) is 4.77. The van der Waals surface area contributed by atoms with Crippen molar-refractivity contribution in [3.05, 3.63) is 69.8 Å². The Balaban J connectivity index is 2.29. The average Bonchev–Trinajstić information content (AvgIpc) is 2.62. The van der Waals surface area contributed by atoms with Crippen LogP contribution >= 0.6 is 0 Å². The van der Waals surface area contributed by atoms with Crippen LogP contribution in [0.4, 0.5) is 11.4 Å². The van der Waals surface area contributed by atoms with Crippen LogP contribution in [0.2, 0.25) is 0 Å². The molecule has 0 radical (unpaired) electrons. The van der Waals surface area contributed by atoms with E-state index in [4.69, 9.17) is 0 Å². The van der Waals surface area contributed by atoms with Crippen LogP contribution in [-0.2, 0) is 6.54 Å². The zero-order valence-corrected chi connectivity index (χ0v) is 14.0. The second-order valence-electron chi connectivity index (χ2n) is 5.46. The summed E-state index contributed by atoms with van der Waals surface area (Å²) in [4.78, 5) is 25.0. The normalized spacial score (nSPS) is 10.3. The molecule has 7 nitrogen and oxygen atoms in total. The van der Waals surface area contributed by atoms with Gasteiger partial charge in [-0.25, -0.2) is 0 Å². The van der Waals surface area contributed by atoms with Gasteiger partial charge in [-0.3, -0.25) is 14.9 Å². The van der Waals surface area contributed by atoms with E-state index >= 15 is 0 Å². The summed E-state index contributed by atoms with van der Waals surface area (Å²) in [5.74, 6) is -0.357. The molecule has 0 saturated carbocycles. The summed E-state index contributed by atoms with van der Waals surface area (Å²) in [5.41, 5.74) is 1.37. The smallest absolute Gasteiger partial charge is 0.293 e. The number of carbonyl (C=O) groups excluding carboxylic acids is 1. The molecular formula is C18H21N3O4. The van der Waals surface area contributed by atoms with Crippen LogP contribution in [0.15, 0.2) is 48.5 Å². The molecule has 0 aliphatic carbocycles. The van der Waals surface area contributed by atoms with Gasteiger partial charge in [-0.2, -0.15) is 0 Å². The molecule has 7 heteroatoms. The molecule has 2 rings (SSSR count). The van der Waals surface area contributed by atoms with E-state index in [0.29, 0.717) is 18.8 Å². The van der Waals surface area contributed by atoms with Crippen LogP contribution in [0.3, 0.4) is 0 Å². The van der Waals surface area contributed by atoms with E-state index in [9.17, 15) is 20.0 Å². The van der Waals surface area contributed by atoms with Crippen molar-refractivity contribution in [2.45, 2.75) is 13.5 Å². The van der Waals surface area contributed by atoms with Crippen molar-refractivity contribution >= 4 is 17.3 Å². The first-order valence-corrected chi connectivity index (χ1v) is 8.03. The highest BCUT2D eigenvalue weighted by Crippen LogP contribution is 2.26. The van der Waals surface area contributed by atoms with Crippen molar-refractivity contribution in [2.75, 3.05) is 25.0 Å². The SMILES string of the molecule is CCNc1ccc(C(=O)N(CCO)Cc2ccccc2)cc1[N+](=O)[O-]. The number of carbonyl (C=O) groups is 1. The van der Waals surface area contributed by atoms with Gasteiger partial charge in [0.15, 0.2) is 0 Å². The predicted octanol–water partition coefficient (Wildman–Crippen LogP) is 2.66. The molecule has 0 saturated heterocycles. The van der Waals surface area contributed by atoms with Crippen LogP contribution in [0.1, 0.15) is 22.8 Å². The third-order valence-electron chi connectivity index (χ3n) is 3.68. The van der Waals surface area contributed by atoms with Crippen molar-refractivity contribution in [2.24, 2.45) is 0 Å². The predicted molar refractivity (Wildman–Crippen MR) is 95.5 cm³/mol. The van der Waals surface area contributed by atoms with E-state index in [2.05, 4.69) is 5.32 Å². The highest BCUT2D eigenvalue weighted by Gasteiger charge is 2.21. The van der Waals surface area contributed by atoms with Gasteiger partial charge in [-0.05, 0) is 24.6 Å². The maximum atomic E-state index is 12.8. The van der Waals surface area contributed by atoms with Gasteiger partial charge < -0.3 is 15.3 Å². The lowest BCUT2D eigenvalue weighted by atomic mass is 10.1. The summed E-state index contributed by atoms with van der Waals surface area (Å²) in [7, 11) is 0. The number of rotatable bonds is 8. The highest BCUT2D eigenvalue weighted by molar-refractivity contribution is 5.95. The zero-order chi connectivity index (χ0) is 18.2. The molecule has 2 aromatic rings. The molecule has 0 aromatic heterocycles. The minimum Gasteiger partial charge on any atom is -0.395 e. The largest absolute Gasteiger partial charge is 0.395 e. The fourth-order valence-corrected chi connectivity index (χ4v) is 2.52. The molecule has 132 valence electrons. The summed E-state index contributed by atoms with van der Waals surface area (Å²) in [5, 5.41) is 23.4. The molecule has 2 N–H and O–H groups in total. The molecule has 25 heavy (non-hydrogen) atoms. The van der Waals surface area contributed by atoms with Gasteiger partial charge in [0.25, 0.3) is 11.6 Å².